The highest BCUT2D eigenvalue weighted by Gasteiger charge is 2.23. The topological polar surface area (TPSA) is 70.9 Å². The zero-order valence-corrected chi connectivity index (χ0v) is 14.4. The van der Waals surface area contributed by atoms with E-state index in [4.69, 9.17) is 0 Å². The SMILES string of the molecule is C=C\C=C/C=C(C=C)/N=N/C(C(C)=O)C(=O)N/C(C=C)=C/C=C\C=C. The lowest BCUT2D eigenvalue weighted by Gasteiger charge is -2.09. The van der Waals surface area contributed by atoms with Crippen LogP contribution in [0.3, 0.4) is 0 Å². The Bertz CT molecular complexity index is 677. The van der Waals surface area contributed by atoms with Crippen LogP contribution in [-0.4, -0.2) is 17.7 Å². The number of carbonyl (C=O) groups excluding carboxylic acids is 2. The molecule has 0 heterocycles. The van der Waals surface area contributed by atoms with Crippen LogP contribution in [0.15, 0.2) is 109 Å². The molecule has 0 spiro atoms. The average molecular weight is 337 g/mol. The summed E-state index contributed by atoms with van der Waals surface area (Å²) in [7, 11) is 0. The summed E-state index contributed by atoms with van der Waals surface area (Å²) in [6.45, 7) is 15.6. The van der Waals surface area contributed by atoms with Crippen molar-refractivity contribution in [3.8, 4) is 0 Å². The number of ketones is 1. The van der Waals surface area contributed by atoms with Crippen molar-refractivity contribution in [2.45, 2.75) is 13.0 Å². The fourth-order valence-electron chi connectivity index (χ4n) is 1.43. The molecule has 25 heavy (non-hydrogen) atoms. The number of nitrogens with zero attached hydrogens (tertiary/aromatic N) is 2. The minimum atomic E-state index is -1.27. The number of hydrogen-bond acceptors (Lipinski definition) is 4. The van der Waals surface area contributed by atoms with Crippen molar-refractivity contribution in [1.82, 2.24) is 5.32 Å². The van der Waals surface area contributed by atoms with Gasteiger partial charge in [-0.3, -0.25) is 9.59 Å². The number of Topliss-reactive ketones (excluding diaryl/α,β-unsaturated/α-hetero) is 1. The highest BCUT2D eigenvalue weighted by molar-refractivity contribution is 6.05. The van der Waals surface area contributed by atoms with Gasteiger partial charge < -0.3 is 5.32 Å². The first-order chi connectivity index (χ1) is 12.0. The van der Waals surface area contributed by atoms with Crippen LogP contribution in [0.4, 0.5) is 0 Å². The minimum absolute atomic E-state index is 0.408. The second kappa shape index (κ2) is 13.1. The molecular formula is C20H23N3O2. The average Bonchev–Trinajstić information content (AvgIpc) is 2.59. The van der Waals surface area contributed by atoms with E-state index in [1.807, 2.05) is 0 Å². The molecule has 0 aliphatic carbocycles. The van der Waals surface area contributed by atoms with E-state index in [9.17, 15) is 9.59 Å². The van der Waals surface area contributed by atoms with E-state index < -0.39 is 17.7 Å². The van der Waals surface area contributed by atoms with Gasteiger partial charge in [-0.25, -0.2) is 0 Å². The zero-order chi connectivity index (χ0) is 19.1. The van der Waals surface area contributed by atoms with E-state index in [0.29, 0.717) is 11.4 Å². The summed E-state index contributed by atoms with van der Waals surface area (Å²) < 4.78 is 0. The van der Waals surface area contributed by atoms with Gasteiger partial charge in [0.25, 0.3) is 5.91 Å². The normalized spacial score (nSPS) is 13.8. The second-order valence-corrected chi connectivity index (χ2v) is 4.58. The predicted molar refractivity (Wildman–Crippen MR) is 103 cm³/mol. The predicted octanol–water partition coefficient (Wildman–Crippen LogP) is 4.14. The Morgan fingerprint density at radius 1 is 0.920 bits per heavy atom. The van der Waals surface area contributed by atoms with Gasteiger partial charge in [-0.2, -0.15) is 10.2 Å². The lowest BCUT2D eigenvalue weighted by molar-refractivity contribution is -0.128. The Labute approximate surface area is 148 Å². The second-order valence-electron chi connectivity index (χ2n) is 4.58. The molecule has 0 aromatic carbocycles. The van der Waals surface area contributed by atoms with Crippen molar-refractivity contribution in [2.75, 3.05) is 0 Å². The maximum Gasteiger partial charge on any atom is 0.258 e. The molecule has 0 aromatic heterocycles. The fraction of sp³-hybridized carbons (Fsp3) is 0.100. The number of carbonyl (C=O) groups is 2. The summed E-state index contributed by atoms with van der Waals surface area (Å²) in [4.78, 5) is 24.0. The third-order valence-electron chi connectivity index (χ3n) is 2.66. The molecule has 1 amide bonds. The van der Waals surface area contributed by atoms with Gasteiger partial charge in [0.1, 0.15) is 0 Å². The lowest BCUT2D eigenvalue weighted by atomic mass is 10.2. The molecule has 0 aliphatic heterocycles. The number of hydrogen-bond donors (Lipinski definition) is 1. The van der Waals surface area contributed by atoms with E-state index in [1.54, 1.807) is 48.6 Å². The van der Waals surface area contributed by atoms with Crippen molar-refractivity contribution < 1.29 is 9.59 Å². The van der Waals surface area contributed by atoms with Crippen LogP contribution >= 0.6 is 0 Å². The molecule has 0 rings (SSSR count). The van der Waals surface area contributed by atoms with E-state index in [2.05, 4.69) is 41.9 Å². The first kappa shape index (κ1) is 21.7. The largest absolute Gasteiger partial charge is 0.324 e. The summed E-state index contributed by atoms with van der Waals surface area (Å²) in [5.74, 6) is -1.03. The number of allylic oxidation sites excluding steroid dienone is 10. The maximum atomic E-state index is 12.3. The van der Waals surface area contributed by atoms with Gasteiger partial charge >= 0.3 is 0 Å². The van der Waals surface area contributed by atoms with Gasteiger partial charge in [-0.15, -0.1) is 0 Å². The molecule has 0 bridgehead atoms. The van der Waals surface area contributed by atoms with Crippen molar-refractivity contribution in [3.05, 3.63) is 98.5 Å². The summed E-state index contributed by atoms with van der Waals surface area (Å²) in [6.07, 6.45) is 16.1. The molecule has 0 saturated carbocycles. The molecule has 0 aromatic rings. The molecule has 130 valence electrons. The summed E-state index contributed by atoms with van der Waals surface area (Å²) >= 11 is 0. The molecule has 0 saturated heterocycles. The summed E-state index contributed by atoms with van der Waals surface area (Å²) in [5, 5.41) is 10.3. The van der Waals surface area contributed by atoms with E-state index in [1.165, 1.54) is 19.1 Å². The van der Waals surface area contributed by atoms with E-state index in [0.717, 1.165) is 0 Å². The van der Waals surface area contributed by atoms with E-state index >= 15 is 0 Å². The molecule has 1 atom stereocenters. The quantitative estimate of drug-likeness (QED) is 0.350. The maximum absolute atomic E-state index is 12.3. The third-order valence-corrected chi connectivity index (χ3v) is 2.66. The molecule has 5 heteroatoms. The molecule has 1 N–H and O–H groups in total. The van der Waals surface area contributed by atoms with Gasteiger partial charge in [0.05, 0.1) is 5.70 Å². The highest BCUT2D eigenvalue weighted by atomic mass is 16.2. The molecule has 1 unspecified atom stereocenters. The Morgan fingerprint density at radius 3 is 2.00 bits per heavy atom. The van der Waals surface area contributed by atoms with Crippen molar-refractivity contribution in [1.29, 1.82) is 0 Å². The number of nitrogens with one attached hydrogen (secondary N) is 1. The fourth-order valence-corrected chi connectivity index (χ4v) is 1.43. The van der Waals surface area contributed by atoms with Crippen molar-refractivity contribution in [2.24, 2.45) is 10.2 Å². The molecule has 5 nitrogen and oxygen atoms in total. The first-order valence-electron chi connectivity index (χ1n) is 7.46. The monoisotopic (exact) mass is 337 g/mol. The van der Waals surface area contributed by atoms with Crippen LogP contribution in [0.2, 0.25) is 0 Å². The first-order valence-corrected chi connectivity index (χ1v) is 7.46. The number of rotatable bonds is 11. The Morgan fingerprint density at radius 2 is 1.52 bits per heavy atom. The van der Waals surface area contributed by atoms with Gasteiger partial charge in [0.2, 0.25) is 6.04 Å². The Balaban J connectivity index is 5.30. The van der Waals surface area contributed by atoms with Gasteiger partial charge in [0.15, 0.2) is 5.78 Å². The van der Waals surface area contributed by atoms with Gasteiger partial charge in [-0.1, -0.05) is 62.8 Å². The van der Waals surface area contributed by atoms with Gasteiger partial charge in [-0.05, 0) is 31.2 Å². The van der Waals surface area contributed by atoms with Crippen molar-refractivity contribution in [3.63, 3.8) is 0 Å². The zero-order valence-electron chi connectivity index (χ0n) is 14.4. The number of amides is 1. The summed E-state index contributed by atoms with van der Waals surface area (Å²) in [6, 6.07) is -1.27. The van der Waals surface area contributed by atoms with Crippen LogP contribution in [0.5, 0.6) is 0 Å². The smallest absolute Gasteiger partial charge is 0.258 e. The molecule has 0 radical (unpaired) electrons. The molecule has 0 aliphatic rings. The number of azo groups is 1. The van der Waals surface area contributed by atoms with Crippen LogP contribution in [0.25, 0.3) is 0 Å². The highest BCUT2D eigenvalue weighted by Crippen LogP contribution is 2.05. The van der Waals surface area contributed by atoms with Crippen LogP contribution < -0.4 is 5.32 Å². The van der Waals surface area contributed by atoms with Crippen molar-refractivity contribution >= 4 is 11.7 Å². The minimum Gasteiger partial charge on any atom is -0.324 e. The molecule has 0 fully saturated rings. The standard InChI is InChI=1S/C20H23N3O2/c1-6-10-12-14-17(8-3)21-20(25)19(16(5)24)23-22-18(9-4)15-13-11-7-2/h6-15,19H,1-4H2,5H3,(H,21,25)/b12-10-,13-11-,17-14+,18-15+,23-22+. The Kier molecular flexibility index (Phi) is 11.4. The van der Waals surface area contributed by atoms with Crippen LogP contribution in [0, 0.1) is 0 Å². The summed E-state index contributed by atoms with van der Waals surface area (Å²) in [5.41, 5.74) is 0.837. The Hall–Kier alpha value is -3.34. The van der Waals surface area contributed by atoms with E-state index in [-0.39, 0.29) is 0 Å². The third kappa shape index (κ3) is 9.40. The molecular weight excluding hydrogens is 314 g/mol. The van der Waals surface area contributed by atoms with Crippen LogP contribution in [0.1, 0.15) is 6.92 Å². The lowest BCUT2D eigenvalue weighted by Crippen LogP contribution is -2.36. The van der Waals surface area contributed by atoms with Gasteiger partial charge in [0, 0.05) is 5.70 Å². The van der Waals surface area contributed by atoms with Crippen LogP contribution in [-0.2, 0) is 9.59 Å².